The van der Waals surface area contributed by atoms with Crippen LogP contribution in [-0.2, 0) is 6.54 Å². The zero-order chi connectivity index (χ0) is 14.7. The van der Waals surface area contributed by atoms with Gasteiger partial charge in [0, 0.05) is 44.0 Å². The molecule has 1 fully saturated rings. The minimum atomic E-state index is -0.326. The standard InChI is InChI=1S/C14H16N4O2S/c19-13-11(2-1-3-16-13)14(20)18-7-5-17(6-8-18)10-12-15-4-9-21-12/h1-4,9H,5-8,10H2,(H,16,19). The van der Waals surface area contributed by atoms with Crippen molar-refractivity contribution in [2.24, 2.45) is 0 Å². The van der Waals surface area contributed by atoms with Gasteiger partial charge in [0.1, 0.15) is 10.6 Å². The van der Waals surface area contributed by atoms with E-state index in [1.807, 2.05) is 11.6 Å². The van der Waals surface area contributed by atoms with Crippen LogP contribution in [0.4, 0.5) is 0 Å². The lowest BCUT2D eigenvalue weighted by Crippen LogP contribution is -2.49. The first kappa shape index (κ1) is 14.0. The van der Waals surface area contributed by atoms with Gasteiger partial charge < -0.3 is 9.88 Å². The maximum atomic E-state index is 12.3. The van der Waals surface area contributed by atoms with E-state index in [-0.39, 0.29) is 17.0 Å². The minimum Gasteiger partial charge on any atom is -0.336 e. The van der Waals surface area contributed by atoms with E-state index in [1.54, 1.807) is 28.4 Å². The molecule has 1 amide bonds. The van der Waals surface area contributed by atoms with E-state index in [0.29, 0.717) is 13.1 Å². The Morgan fingerprint density at radius 2 is 2.14 bits per heavy atom. The second kappa shape index (κ2) is 6.19. The van der Waals surface area contributed by atoms with Crippen molar-refractivity contribution < 1.29 is 4.79 Å². The molecule has 0 saturated carbocycles. The number of nitrogens with one attached hydrogen (secondary N) is 1. The lowest BCUT2D eigenvalue weighted by atomic mass is 10.2. The van der Waals surface area contributed by atoms with Crippen LogP contribution in [0.15, 0.2) is 34.7 Å². The molecule has 110 valence electrons. The molecule has 2 aromatic rings. The molecule has 0 atom stereocenters. The summed E-state index contributed by atoms with van der Waals surface area (Å²) in [6.45, 7) is 3.70. The smallest absolute Gasteiger partial charge is 0.260 e. The molecule has 0 bridgehead atoms. The fourth-order valence-electron chi connectivity index (χ4n) is 2.39. The summed E-state index contributed by atoms with van der Waals surface area (Å²) < 4.78 is 0. The summed E-state index contributed by atoms with van der Waals surface area (Å²) >= 11 is 1.64. The molecule has 6 nitrogen and oxygen atoms in total. The fourth-order valence-corrected chi connectivity index (χ4v) is 3.05. The summed E-state index contributed by atoms with van der Waals surface area (Å²) in [5.41, 5.74) is -0.112. The molecule has 1 saturated heterocycles. The number of aromatic nitrogens is 2. The second-order valence-corrected chi connectivity index (χ2v) is 5.89. The van der Waals surface area contributed by atoms with E-state index >= 15 is 0 Å². The van der Waals surface area contributed by atoms with Gasteiger partial charge in [-0.1, -0.05) is 0 Å². The molecule has 0 aliphatic carbocycles. The number of hydrogen-bond donors (Lipinski definition) is 1. The first-order valence-electron chi connectivity index (χ1n) is 6.82. The molecular weight excluding hydrogens is 288 g/mol. The second-order valence-electron chi connectivity index (χ2n) is 4.91. The molecule has 1 aliphatic heterocycles. The van der Waals surface area contributed by atoms with Gasteiger partial charge in [-0.25, -0.2) is 4.98 Å². The highest BCUT2D eigenvalue weighted by atomic mass is 32.1. The third-order valence-electron chi connectivity index (χ3n) is 3.55. The number of carbonyl (C=O) groups is 1. The SMILES string of the molecule is O=C(c1ccc[nH]c1=O)N1CCN(Cc2nccs2)CC1. The summed E-state index contributed by atoms with van der Waals surface area (Å²) in [5.74, 6) is -0.189. The van der Waals surface area contributed by atoms with Crippen molar-refractivity contribution in [2.75, 3.05) is 26.2 Å². The van der Waals surface area contributed by atoms with Crippen molar-refractivity contribution in [1.82, 2.24) is 19.8 Å². The Hall–Kier alpha value is -1.99. The Kier molecular flexibility index (Phi) is 4.12. The average Bonchev–Trinajstić information content (AvgIpc) is 3.01. The van der Waals surface area contributed by atoms with Crippen molar-refractivity contribution in [3.63, 3.8) is 0 Å². The van der Waals surface area contributed by atoms with Crippen LogP contribution in [0.2, 0.25) is 0 Å². The monoisotopic (exact) mass is 304 g/mol. The number of aromatic amines is 1. The lowest BCUT2D eigenvalue weighted by Gasteiger charge is -2.34. The predicted octanol–water partition coefficient (Wildman–Crippen LogP) is 0.789. The molecule has 1 N–H and O–H groups in total. The largest absolute Gasteiger partial charge is 0.336 e. The number of pyridine rings is 1. The molecule has 1 aliphatic rings. The molecule has 0 unspecified atom stereocenters. The summed E-state index contributed by atoms with van der Waals surface area (Å²) in [6, 6.07) is 3.25. The van der Waals surface area contributed by atoms with E-state index in [2.05, 4.69) is 14.9 Å². The molecule has 0 spiro atoms. The van der Waals surface area contributed by atoms with Crippen LogP contribution in [0.5, 0.6) is 0 Å². The van der Waals surface area contributed by atoms with E-state index < -0.39 is 0 Å². The van der Waals surface area contributed by atoms with Crippen molar-refractivity contribution in [1.29, 1.82) is 0 Å². The number of rotatable bonds is 3. The molecule has 0 radical (unpaired) electrons. The van der Waals surface area contributed by atoms with Gasteiger partial charge in [-0.05, 0) is 12.1 Å². The van der Waals surface area contributed by atoms with Crippen molar-refractivity contribution in [2.45, 2.75) is 6.54 Å². The first-order valence-corrected chi connectivity index (χ1v) is 7.70. The number of hydrogen-bond acceptors (Lipinski definition) is 5. The molecule has 7 heteroatoms. The molecular formula is C14H16N4O2S. The van der Waals surface area contributed by atoms with E-state index in [1.165, 1.54) is 6.20 Å². The predicted molar refractivity (Wildman–Crippen MR) is 80.4 cm³/mol. The Balaban J connectivity index is 1.59. The zero-order valence-electron chi connectivity index (χ0n) is 11.5. The maximum Gasteiger partial charge on any atom is 0.260 e. The third kappa shape index (κ3) is 3.20. The Bertz CT molecular complexity index is 660. The lowest BCUT2D eigenvalue weighted by molar-refractivity contribution is 0.0626. The highest BCUT2D eigenvalue weighted by molar-refractivity contribution is 7.09. The van der Waals surface area contributed by atoms with Gasteiger partial charge in [0.2, 0.25) is 0 Å². The highest BCUT2D eigenvalue weighted by Crippen LogP contribution is 2.11. The van der Waals surface area contributed by atoms with Gasteiger partial charge in [-0.2, -0.15) is 0 Å². The van der Waals surface area contributed by atoms with Gasteiger partial charge >= 0.3 is 0 Å². The van der Waals surface area contributed by atoms with Gasteiger partial charge in [-0.3, -0.25) is 14.5 Å². The van der Waals surface area contributed by atoms with Crippen LogP contribution >= 0.6 is 11.3 Å². The van der Waals surface area contributed by atoms with Gasteiger partial charge in [0.15, 0.2) is 0 Å². The van der Waals surface area contributed by atoms with Crippen LogP contribution in [-0.4, -0.2) is 51.9 Å². The Labute approximate surface area is 126 Å². The average molecular weight is 304 g/mol. The fraction of sp³-hybridized carbons (Fsp3) is 0.357. The molecule has 2 aromatic heterocycles. The van der Waals surface area contributed by atoms with Crippen molar-refractivity contribution in [3.8, 4) is 0 Å². The molecule has 0 aromatic carbocycles. The Morgan fingerprint density at radius 3 is 2.81 bits per heavy atom. The number of carbonyl (C=O) groups excluding carboxylic acids is 1. The zero-order valence-corrected chi connectivity index (χ0v) is 12.3. The number of nitrogens with zero attached hydrogens (tertiary/aromatic N) is 3. The molecule has 21 heavy (non-hydrogen) atoms. The van der Waals surface area contributed by atoms with Crippen LogP contribution in [0.1, 0.15) is 15.4 Å². The van der Waals surface area contributed by atoms with Crippen LogP contribution in [0.3, 0.4) is 0 Å². The van der Waals surface area contributed by atoms with E-state index in [4.69, 9.17) is 0 Å². The number of amides is 1. The third-order valence-corrected chi connectivity index (χ3v) is 4.31. The highest BCUT2D eigenvalue weighted by Gasteiger charge is 2.23. The van der Waals surface area contributed by atoms with Gasteiger partial charge in [0.05, 0.1) is 6.54 Å². The number of H-pyrrole nitrogens is 1. The first-order chi connectivity index (χ1) is 10.2. The van der Waals surface area contributed by atoms with Crippen LogP contribution < -0.4 is 5.56 Å². The maximum absolute atomic E-state index is 12.3. The molecule has 3 rings (SSSR count). The van der Waals surface area contributed by atoms with E-state index in [9.17, 15) is 9.59 Å². The molecule has 3 heterocycles. The number of thiazole rings is 1. The number of piperazine rings is 1. The van der Waals surface area contributed by atoms with Crippen LogP contribution in [0.25, 0.3) is 0 Å². The minimum absolute atomic E-state index is 0.189. The van der Waals surface area contributed by atoms with Gasteiger partial charge in [-0.15, -0.1) is 11.3 Å². The van der Waals surface area contributed by atoms with E-state index in [0.717, 1.165) is 24.6 Å². The summed E-state index contributed by atoms with van der Waals surface area (Å²) in [7, 11) is 0. The van der Waals surface area contributed by atoms with Crippen molar-refractivity contribution in [3.05, 3.63) is 50.8 Å². The van der Waals surface area contributed by atoms with Gasteiger partial charge in [0.25, 0.3) is 11.5 Å². The Morgan fingerprint density at radius 1 is 1.33 bits per heavy atom. The summed E-state index contributed by atoms with van der Waals surface area (Å²) in [4.78, 5) is 34.8. The van der Waals surface area contributed by atoms with Crippen LogP contribution in [0, 0.1) is 0 Å². The van der Waals surface area contributed by atoms with Crippen molar-refractivity contribution >= 4 is 17.2 Å². The topological polar surface area (TPSA) is 69.3 Å². The summed E-state index contributed by atoms with van der Waals surface area (Å²) in [6.07, 6.45) is 3.34. The quantitative estimate of drug-likeness (QED) is 0.910. The normalized spacial score (nSPS) is 16.1. The summed E-state index contributed by atoms with van der Waals surface area (Å²) in [5, 5.41) is 3.06.